The average Bonchev–Trinajstić information content (AvgIpc) is 2.21. The summed E-state index contributed by atoms with van der Waals surface area (Å²) >= 11 is 3.07. The summed E-state index contributed by atoms with van der Waals surface area (Å²) in [6, 6.07) is 3.74. The minimum atomic E-state index is -4.35. The SMILES string of the molecule is CC(C)(C)OCCNc1cc(Br)cc(C(F)(F)F)c1. The van der Waals surface area contributed by atoms with E-state index in [4.69, 9.17) is 4.74 Å². The van der Waals surface area contributed by atoms with Gasteiger partial charge < -0.3 is 10.1 Å². The summed E-state index contributed by atoms with van der Waals surface area (Å²) in [6.45, 7) is 6.65. The number of anilines is 1. The maximum absolute atomic E-state index is 12.6. The topological polar surface area (TPSA) is 21.3 Å². The summed E-state index contributed by atoms with van der Waals surface area (Å²) in [5, 5.41) is 2.92. The fourth-order valence-electron chi connectivity index (χ4n) is 1.41. The molecule has 0 bridgehead atoms. The van der Waals surface area contributed by atoms with Gasteiger partial charge in [-0.05, 0) is 39.0 Å². The number of ether oxygens (including phenoxy) is 1. The normalized spacial score (nSPS) is 12.6. The highest BCUT2D eigenvalue weighted by atomic mass is 79.9. The second kappa shape index (κ2) is 6.13. The number of benzene rings is 1. The summed E-state index contributed by atoms with van der Waals surface area (Å²) in [6.07, 6.45) is -4.35. The molecule has 0 heterocycles. The van der Waals surface area contributed by atoms with Gasteiger partial charge in [-0.3, -0.25) is 0 Å². The van der Waals surface area contributed by atoms with Crippen molar-refractivity contribution in [1.29, 1.82) is 0 Å². The Kier molecular flexibility index (Phi) is 5.26. The summed E-state index contributed by atoms with van der Waals surface area (Å²) in [5.74, 6) is 0. The first kappa shape index (κ1) is 16.3. The van der Waals surface area contributed by atoms with Gasteiger partial charge in [0, 0.05) is 16.7 Å². The van der Waals surface area contributed by atoms with Crippen LogP contribution in [0.5, 0.6) is 0 Å². The second-order valence-corrected chi connectivity index (χ2v) is 6.03. The fourth-order valence-corrected chi connectivity index (χ4v) is 1.90. The number of hydrogen-bond donors (Lipinski definition) is 1. The Balaban J connectivity index is 2.62. The molecule has 0 aromatic heterocycles. The van der Waals surface area contributed by atoms with E-state index in [1.54, 1.807) is 6.07 Å². The lowest BCUT2D eigenvalue weighted by molar-refractivity contribution is -0.137. The molecule has 1 N–H and O–H groups in total. The van der Waals surface area contributed by atoms with E-state index in [0.29, 0.717) is 23.3 Å². The number of alkyl halides is 3. The Hall–Kier alpha value is -0.750. The number of halogens is 4. The highest BCUT2D eigenvalue weighted by Gasteiger charge is 2.31. The van der Waals surface area contributed by atoms with Crippen molar-refractivity contribution in [3.63, 3.8) is 0 Å². The summed E-state index contributed by atoms with van der Waals surface area (Å²) in [5.41, 5.74) is -0.517. The van der Waals surface area contributed by atoms with Crippen LogP contribution in [0, 0.1) is 0 Å². The minimum Gasteiger partial charge on any atom is -0.383 e. The van der Waals surface area contributed by atoms with Gasteiger partial charge in [0.05, 0.1) is 17.8 Å². The van der Waals surface area contributed by atoms with Crippen molar-refractivity contribution in [1.82, 2.24) is 0 Å². The molecule has 0 fully saturated rings. The Labute approximate surface area is 119 Å². The lowest BCUT2D eigenvalue weighted by Crippen LogP contribution is -2.23. The van der Waals surface area contributed by atoms with Gasteiger partial charge in [0.2, 0.25) is 0 Å². The van der Waals surface area contributed by atoms with Crippen LogP contribution in [0.15, 0.2) is 22.7 Å². The molecule has 0 spiro atoms. The largest absolute Gasteiger partial charge is 0.416 e. The predicted octanol–water partition coefficient (Wildman–Crippen LogP) is 4.69. The number of rotatable bonds is 4. The molecule has 0 unspecified atom stereocenters. The average molecular weight is 340 g/mol. The van der Waals surface area contributed by atoms with Gasteiger partial charge >= 0.3 is 6.18 Å². The summed E-state index contributed by atoms with van der Waals surface area (Å²) in [7, 11) is 0. The van der Waals surface area contributed by atoms with Gasteiger partial charge in [-0.25, -0.2) is 0 Å². The van der Waals surface area contributed by atoms with Crippen LogP contribution >= 0.6 is 15.9 Å². The van der Waals surface area contributed by atoms with E-state index in [0.717, 1.165) is 12.1 Å². The zero-order chi connectivity index (χ0) is 14.7. The van der Waals surface area contributed by atoms with E-state index < -0.39 is 11.7 Å². The number of hydrogen-bond acceptors (Lipinski definition) is 2. The van der Waals surface area contributed by atoms with Gasteiger partial charge in [0.25, 0.3) is 0 Å². The van der Waals surface area contributed by atoms with Crippen LogP contribution in [0.2, 0.25) is 0 Å². The van der Waals surface area contributed by atoms with Crippen molar-refractivity contribution in [2.45, 2.75) is 32.5 Å². The van der Waals surface area contributed by atoms with Crippen molar-refractivity contribution < 1.29 is 17.9 Å². The third-order valence-corrected chi connectivity index (χ3v) is 2.65. The summed E-state index contributed by atoms with van der Waals surface area (Å²) < 4.78 is 43.7. The van der Waals surface area contributed by atoms with E-state index in [2.05, 4.69) is 21.2 Å². The van der Waals surface area contributed by atoms with Crippen LogP contribution in [0.1, 0.15) is 26.3 Å². The zero-order valence-corrected chi connectivity index (χ0v) is 12.7. The maximum Gasteiger partial charge on any atom is 0.416 e. The molecule has 1 aromatic carbocycles. The molecule has 1 aromatic rings. The minimum absolute atomic E-state index is 0.254. The molecule has 0 atom stereocenters. The van der Waals surface area contributed by atoms with Crippen LogP contribution in [0.3, 0.4) is 0 Å². The Morgan fingerprint density at radius 1 is 1.16 bits per heavy atom. The van der Waals surface area contributed by atoms with Crippen LogP contribution in [0.4, 0.5) is 18.9 Å². The highest BCUT2D eigenvalue weighted by molar-refractivity contribution is 9.10. The second-order valence-electron chi connectivity index (χ2n) is 5.11. The van der Waals surface area contributed by atoms with E-state index in [1.807, 2.05) is 20.8 Å². The van der Waals surface area contributed by atoms with E-state index in [-0.39, 0.29) is 5.60 Å². The van der Waals surface area contributed by atoms with Crippen LogP contribution < -0.4 is 5.32 Å². The lowest BCUT2D eigenvalue weighted by atomic mass is 10.2. The molecular formula is C13H17BrF3NO. The molecule has 108 valence electrons. The molecule has 1 rings (SSSR count). The van der Waals surface area contributed by atoms with E-state index >= 15 is 0 Å². The van der Waals surface area contributed by atoms with Gasteiger partial charge in [-0.1, -0.05) is 15.9 Å². The quantitative estimate of drug-likeness (QED) is 0.803. The Morgan fingerprint density at radius 3 is 2.32 bits per heavy atom. The van der Waals surface area contributed by atoms with Gasteiger partial charge in [0.1, 0.15) is 0 Å². The molecule has 0 radical (unpaired) electrons. The third-order valence-electron chi connectivity index (χ3n) is 2.19. The molecule has 0 aliphatic heterocycles. The molecule has 0 saturated carbocycles. The van der Waals surface area contributed by atoms with E-state index in [9.17, 15) is 13.2 Å². The Bertz CT molecular complexity index is 427. The molecule has 19 heavy (non-hydrogen) atoms. The first-order chi connectivity index (χ1) is 8.58. The molecular weight excluding hydrogens is 323 g/mol. The van der Waals surface area contributed by atoms with Gasteiger partial charge in [-0.15, -0.1) is 0 Å². The molecule has 0 amide bonds. The fraction of sp³-hybridized carbons (Fsp3) is 0.538. The first-order valence-corrected chi connectivity index (χ1v) is 6.63. The highest BCUT2D eigenvalue weighted by Crippen LogP contribution is 2.33. The monoisotopic (exact) mass is 339 g/mol. The van der Waals surface area contributed by atoms with Crippen molar-refractivity contribution in [2.24, 2.45) is 0 Å². The molecule has 2 nitrogen and oxygen atoms in total. The van der Waals surface area contributed by atoms with Crippen LogP contribution in [-0.2, 0) is 10.9 Å². The Morgan fingerprint density at radius 2 is 1.79 bits per heavy atom. The van der Waals surface area contributed by atoms with Gasteiger partial charge in [-0.2, -0.15) is 13.2 Å². The summed E-state index contributed by atoms with van der Waals surface area (Å²) in [4.78, 5) is 0. The van der Waals surface area contributed by atoms with Crippen molar-refractivity contribution in [3.05, 3.63) is 28.2 Å². The first-order valence-electron chi connectivity index (χ1n) is 5.83. The predicted molar refractivity (Wildman–Crippen MR) is 73.3 cm³/mol. The van der Waals surface area contributed by atoms with Crippen LogP contribution in [0.25, 0.3) is 0 Å². The lowest BCUT2D eigenvalue weighted by Gasteiger charge is -2.20. The van der Waals surface area contributed by atoms with Crippen molar-refractivity contribution in [3.8, 4) is 0 Å². The molecule has 0 saturated heterocycles. The number of nitrogens with one attached hydrogen (secondary N) is 1. The third kappa shape index (κ3) is 6.29. The molecule has 6 heteroatoms. The molecule has 0 aliphatic carbocycles. The molecule has 0 aliphatic rings. The van der Waals surface area contributed by atoms with Crippen LogP contribution in [-0.4, -0.2) is 18.8 Å². The maximum atomic E-state index is 12.6. The van der Waals surface area contributed by atoms with Gasteiger partial charge in [0.15, 0.2) is 0 Å². The van der Waals surface area contributed by atoms with E-state index in [1.165, 1.54) is 0 Å². The standard InChI is InChI=1S/C13H17BrF3NO/c1-12(2,3)19-5-4-18-11-7-9(13(15,16)17)6-10(14)8-11/h6-8,18H,4-5H2,1-3H3. The van der Waals surface area contributed by atoms with Crippen molar-refractivity contribution in [2.75, 3.05) is 18.5 Å². The smallest absolute Gasteiger partial charge is 0.383 e. The zero-order valence-electron chi connectivity index (χ0n) is 11.1. The van der Waals surface area contributed by atoms with Crippen molar-refractivity contribution >= 4 is 21.6 Å².